The molecule has 0 radical (unpaired) electrons. The maximum Gasteiger partial charge on any atom is 0.303 e. The molecular formula is C24H30N2O5S. The van der Waals surface area contributed by atoms with Crippen LogP contribution in [0.1, 0.15) is 28.1 Å². The topological polar surface area (TPSA) is 76.2 Å². The van der Waals surface area contributed by atoms with Gasteiger partial charge in [-0.25, -0.2) is 0 Å². The highest BCUT2D eigenvalue weighted by Gasteiger charge is 2.28. The second-order valence-electron chi connectivity index (χ2n) is 7.59. The summed E-state index contributed by atoms with van der Waals surface area (Å²) in [5.74, 6) is 0.160. The summed E-state index contributed by atoms with van der Waals surface area (Å²) in [6.45, 7) is 2.86. The van der Waals surface area contributed by atoms with Crippen LogP contribution >= 0.6 is 11.8 Å². The molecule has 0 bridgehead atoms. The third kappa shape index (κ3) is 7.10. The molecule has 0 fully saturated rings. The molecule has 32 heavy (non-hydrogen) atoms. The van der Waals surface area contributed by atoms with Crippen molar-refractivity contribution in [2.75, 3.05) is 46.2 Å². The lowest BCUT2D eigenvalue weighted by atomic mass is 10.1. The predicted molar refractivity (Wildman–Crippen MR) is 127 cm³/mol. The van der Waals surface area contributed by atoms with Gasteiger partial charge >= 0.3 is 5.97 Å². The van der Waals surface area contributed by atoms with Gasteiger partial charge in [-0.2, -0.15) is 0 Å². The fourth-order valence-corrected chi connectivity index (χ4v) is 4.39. The number of hydrogen-bond acceptors (Lipinski definition) is 8. The van der Waals surface area contributed by atoms with Crippen LogP contribution in [0.5, 0.6) is 5.75 Å². The molecule has 0 N–H and O–H groups in total. The Morgan fingerprint density at radius 1 is 1.06 bits per heavy atom. The van der Waals surface area contributed by atoms with Crippen molar-refractivity contribution in [2.24, 2.45) is 0 Å². The molecule has 0 heterocycles. The molecule has 2 rings (SSSR count). The molecule has 0 amide bonds. The van der Waals surface area contributed by atoms with Crippen LogP contribution in [0.2, 0.25) is 0 Å². The maximum atomic E-state index is 11.9. The van der Waals surface area contributed by atoms with E-state index in [1.807, 2.05) is 45.4 Å². The number of anilines is 1. The van der Waals surface area contributed by atoms with Gasteiger partial charge in [0.2, 0.25) is 0 Å². The van der Waals surface area contributed by atoms with Gasteiger partial charge in [0.05, 0.1) is 18.0 Å². The minimum atomic E-state index is -0.975. The SMILES string of the molecule is COc1ccc([C@H](Sc2ccc(C=O)cc2N(C)CCN(C)C)[C@H](C=O)OC(C)=O)cc1. The highest BCUT2D eigenvalue weighted by molar-refractivity contribution is 7.99. The number of hydrogen-bond donors (Lipinski definition) is 0. The zero-order valence-electron chi connectivity index (χ0n) is 19.1. The molecule has 0 aromatic heterocycles. The Labute approximate surface area is 193 Å². The molecule has 0 saturated heterocycles. The number of benzene rings is 2. The van der Waals surface area contributed by atoms with Gasteiger partial charge in [-0.05, 0) is 43.9 Å². The summed E-state index contributed by atoms with van der Waals surface area (Å²) in [5.41, 5.74) is 2.25. The molecule has 0 aliphatic rings. The number of carbonyl (C=O) groups excluding carboxylic acids is 3. The molecule has 2 aromatic rings. The normalized spacial score (nSPS) is 12.7. The minimum Gasteiger partial charge on any atom is -0.497 e. The Morgan fingerprint density at radius 3 is 2.28 bits per heavy atom. The summed E-state index contributed by atoms with van der Waals surface area (Å²) in [6.07, 6.45) is 0.487. The smallest absolute Gasteiger partial charge is 0.303 e. The summed E-state index contributed by atoms with van der Waals surface area (Å²) in [5, 5.41) is -0.481. The average Bonchev–Trinajstić information content (AvgIpc) is 2.79. The van der Waals surface area contributed by atoms with E-state index in [4.69, 9.17) is 9.47 Å². The van der Waals surface area contributed by atoms with Crippen LogP contribution in [0.3, 0.4) is 0 Å². The van der Waals surface area contributed by atoms with Gasteiger partial charge in [0.1, 0.15) is 12.0 Å². The van der Waals surface area contributed by atoms with Gasteiger partial charge in [0.25, 0.3) is 0 Å². The maximum absolute atomic E-state index is 11.9. The van der Waals surface area contributed by atoms with Crippen molar-refractivity contribution < 1.29 is 23.9 Å². The second kappa shape index (κ2) is 12.3. The van der Waals surface area contributed by atoms with E-state index in [-0.39, 0.29) is 0 Å². The monoisotopic (exact) mass is 458 g/mol. The van der Waals surface area contributed by atoms with E-state index >= 15 is 0 Å². The molecule has 0 aliphatic carbocycles. The van der Waals surface area contributed by atoms with E-state index in [9.17, 15) is 14.4 Å². The quantitative estimate of drug-likeness (QED) is 0.272. The van der Waals surface area contributed by atoms with Crippen molar-refractivity contribution in [3.8, 4) is 5.75 Å². The van der Waals surface area contributed by atoms with E-state index in [0.717, 1.165) is 35.5 Å². The van der Waals surface area contributed by atoms with Gasteiger partial charge in [-0.15, -0.1) is 11.8 Å². The average molecular weight is 459 g/mol. The number of nitrogens with zero attached hydrogens (tertiary/aromatic N) is 2. The van der Waals surface area contributed by atoms with Crippen molar-refractivity contribution in [2.45, 2.75) is 23.2 Å². The van der Waals surface area contributed by atoms with Gasteiger partial charge in [-0.1, -0.05) is 18.2 Å². The van der Waals surface area contributed by atoms with Crippen molar-refractivity contribution in [1.82, 2.24) is 4.90 Å². The molecule has 0 saturated carbocycles. The van der Waals surface area contributed by atoms with E-state index < -0.39 is 17.3 Å². The summed E-state index contributed by atoms with van der Waals surface area (Å²) >= 11 is 1.42. The Kier molecular flexibility index (Phi) is 9.74. The largest absolute Gasteiger partial charge is 0.497 e. The Bertz CT molecular complexity index is 917. The van der Waals surface area contributed by atoms with E-state index in [1.54, 1.807) is 25.3 Å². The van der Waals surface area contributed by atoms with E-state index in [1.165, 1.54) is 18.7 Å². The number of thioether (sulfide) groups is 1. The van der Waals surface area contributed by atoms with Crippen LogP contribution in [0.4, 0.5) is 5.69 Å². The highest BCUT2D eigenvalue weighted by atomic mass is 32.2. The zero-order valence-corrected chi connectivity index (χ0v) is 19.9. The molecule has 8 heteroatoms. The van der Waals surface area contributed by atoms with E-state index in [2.05, 4.69) is 9.80 Å². The Balaban J connectivity index is 2.47. The van der Waals surface area contributed by atoms with Gasteiger partial charge in [0, 0.05) is 37.5 Å². The first kappa shape index (κ1) is 25.4. The third-order valence-corrected chi connectivity index (χ3v) is 6.24. The lowest BCUT2D eigenvalue weighted by Gasteiger charge is -2.27. The van der Waals surface area contributed by atoms with Gasteiger partial charge < -0.3 is 19.3 Å². The summed E-state index contributed by atoms with van der Waals surface area (Å²) in [6, 6.07) is 12.7. The van der Waals surface area contributed by atoms with Crippen molar-refractivity contribution >= 4 is 36.0 Å². The zero-order chi connectivity index (χ0) is 23.7. The number of esters is 1. The molecule has 172 valence electrons. The number of rotatable bonds is 12. The number of ether oxygens (including phenoxy) is 2. The predicted octanol–water partition coefficient (Wildman–Crippen LogP) is 3.47. The van der Waals surface area contributed by atoms with E-state index in [0.29, 0.717) is 17.6 Å². The number of carbonyl (C=O) groups is 3. The van der Waals surface area contributed by atoms with Crippen molar-refractivity contribution in [3.05, 3.63) is 53.6 Å². The van der Waals surface area contributed by atoms with Crippen LogP contribution in [-0.2, 0) is 14.3 Å². The molecule has 2 aromatic carbocycles. The fraction of sp³-hybridized carbons (Fsp3) is 0.375. The Hall–Kier alpha value is -2.84. The van der Waals surface area contributed by atoms with Crippen LogP contribution in [0.25, 0.3) is 0 Å². The summed E-state index contributed by atoms with van der Waals surface area (Å²) in [7, 11) is 7.54. The summed E-state index contributed by atoms with van der Waals surface area (Å²) in [4.78, 5) is 39.9. The van der Waals surface area contributed by atoms with Gasteiger partial charge in [-0.3, -0.25) is 14.4 Å². The first-order valence-corrected chi connectivity index (χ1v) is 11.0. The lowest BCUT2D eigenvalue weighted by Crippen LogP contribution is -2.29. The highest BCUT2D eigenvalue weighted by Crippen LogP contribution is 2.43. The number of likely N-dealkylation sites (N-methyl/N-ethyl adjacent to an activating group) is 2. The van der Waals surface area contributed by atoms with Crippen LogP contribution < -0.4 is 9.64 Å². The molecular weight excluding hydrogens is 428 g/mol. The number of aldehydes is 2. The van der Waals surface area contributed by atoms with Crippen molar-refractivity contribution in [3.63, 3.8) is 0 Å². The minimum absolute atomic E-state index is 0.481. The lowest BCUT2D eigenvalue weighted by molar-refractivity contribution is -0.149. The van der Waals surface area contributed by atoms with Crippen LogP contribution in [0, 0.1) is 0 Å². The van der Waals surface area contributed by atoms with Crippen molar-refractivity contribution in [1.29, 1.82) is 0 Å². The third-order valence-electron chi connectivity index (χ3n) is 4.85. The fourth-order valence-electron chi connectivity index (χ4n) is 3.08. The van der Waals surface area contributed by atoms with Gasteiger partial charge in [0.15, 0.2) is 12.4 Å². The molecule has 0 aliphatic heterocycles. The van der Waals surface area contributed by atoms with Crippen LogP contribution in [-0.4, -0.2) is 70.9 Å². The standard InChI is InChI=1S/C24H30N2O5S/c1-17(29)31-22(16-28)24(19-7-9-20(30-5)10-8-19)32-23-11-6-18(15-27)14-21(23)26(4)13-12-25(2)3/h6-11,14-16,22,24H,12-13H2,1-5H3/t22-,24-/m0/s1. The summed E-state index contributed by atoms with van der Waals surface area (Å²) < 4.78 is 10.6. The molecule has 2 atom stereocenters. The second-order valence-corrected chi connectivity index (χ2v) is 8.77. The Morgan fingerprint density at radius 2 is 1.75 bits per heavy atom. The van der Waals surface area contributed by atoms with Crippen LogP contribution in [0.15, 0.2) is 47.4 Å². The number of methoxy groups -OCH3 is 1. The molecule has 0 unspecified atom stereocenters. The molecule has 7 nitrogen and oxygen atoms in total. The molecule has 0 spiro atoms. The first-order chi connectivity index (χ1) is 15.3. The first-order valence-electron chi connectivity index (χ1n) is 10.2.